The molecule has 0 bridgehead atoms. The van der Waals surface area contributed by atoms with Crippen LogP contribution in [0.1, 0.15) is 22.3 Å². The molecule has 0 saturated carbocycles. The van der Waals surface area contributed by atoms with Gasteiger partial charge < -0.3 is 9.64 Å². The van der Waals surface area contributed by atoms with Crippen molar-refractivity contribution in [1.82, 2.24) is 14.3 Å². The second kappa shape index (κ2) is 9.13. The number of hydrogen-bond donors (Lipinski definition) is 0. The zero-order chi connectivity index (χ0) is 20.1. The Kier molecular flexibility index (Phi) is 6.60. The highest BCUT2D eigenvalue weighted by Gasteiger charge is 2.12. The van der Waals surface area contributed by atoms with E-state index in [1.54, 1.807) is 0 Å². The molecule has 0 spiro atoms. The summed E-state index contributed by atoms with van der Waals surface area (Å²) in [4.78, 5) is 6.81. The molecule has 28 heavy (non-hydrogen) atoms. The Morgan fingerprint density at radius 2 is 1.86 bits per heavy atom. The van der Waals surface area contributed by atoms with Gasteiger partial charge in [-0.15, -0.1) is 6.58 Å². The van der Waals surface area contributed by atoms with E-state index in [2.05, 4.69) is 72.9 Å². The maximum absolute atomic E-state index is 6.06. The molecule has 5 heteroatoms. The van der Waals surface area contributed by atoms with Crippen LogP contribution < -0.4 is 4.74 Å². The molecule has 4 nitrogen and oxygen atoms in total. The van der Waals surface area contributed by atoms with Gasteiger partial charge in [0.05, 0.1) is 0 Å². The second-order valence-corrected chi connectivity index (χ2v) is 7.91. The van der Waals surface area contributed by atoms with Gasteiger partial charge >= 0.3 is 0 Å². The van der Waals surface area contributed by atoms with Gasteiger partial charge in [-0.05, 0) is 57.0 Å². The Morgan fingerprint density at radius 1 is 1.11 bits per heavy atom. The first-order chi connectivity index (χ1) is 13.5. The highest BCUT2D eigenvalue weighted by Crippen LogP contribution is 2.31. The number of likely N-dealkylation sites (N-methyl/N-ethyl adjacent to an activating group) is 1. The average molecular weight is 394 g/mol. The number of ether oxygens (including phenoxy) is 1. The minimum Gasteiger partial charge on any atom is -0.430 e. The Labute approximate surface area is 171 Å². The van der Waals surface area contributed by atoms with Crippen molar-refractivity contribution in [2.75, 3.05) is 20.1 Å². The average Bonchev–Trinajstić information content (AvgIpc) is 3.12. The van der Waals surface area contributed by atoms with Crippen LogP contribution >= 0.6 is 11.5 Å². The summed E-state index contributed by atoms with van der Waals surface area (Å²) in [6.45, 7) is 12.0. The van der Waals surface area contributed by atoms with Crippen LogP contribution in [0.25, 0.3) is 11.4 Å². The summed E-state index contributed by atoms with van der Waals surface area (Å²) in [5.74, 6) is 1.54. The van der Waals surface area contributed by atoms with E-state index in [1.165, 1.54) is 28.2 Å². The van der Waals surface area contributed by atoms with Crippen molar-refractivity contribution in [3.05, 3.63) is 71.3 Å². The third-order valence-corrected chi connectivity index (χ3v) is 5.35. The first-order valence-corrected chi connectivity index (χ1v) is 10.2. The van der Waals surface area contributed by atoms with Crippen LogP contribution in [-0.2, 0) is 6.42 Å². The van der Waals surface area contributed by atoms with Crippen LogP contribution in [0, 0.1) is 20.8 Å². The Hall–Kier alpha value is -2.50. The zero-order valence-corrected chi connectivity index (χ0v) is 17.8. The largest absolute Gasteiger partial charge is 0.430 e. The van der Waals surface area contributed by atoms with Gasteiger partial charge in [-0.2, -0.15) is 9.36 Å². The van der Waals surface area contributed by atoms with Crippen LogP contribution in [0.5, 0.6) is 10.9 Å². The van der Waals surface area contributed by atoms with Gasteiger partial charge in [-0.25, -0.2) is 0 Å². The first-order valence-electron chi connectivity index (χ1n) is 9.44. The predicted octanol–water partition coefficient (Wildman–Crippen LogP) is 5.58. The van der Waals surface area contributed by atoms with Crippen molar-refractivity contribution in [3.63, 3.8) is 0 Å². The molecule has 0 radical (unpaired) electrons. The molecule has 0 N–H and O–H groups in total. The first kappa shape index (κ1) is 20.2. The van der Waals surface area contributed by atoms with Crippen molar-refractivity contribution >= 4 is 11.5 Å². The van der Waals surface area contributed by atoms with E-state index in [0.717, 1.165) is 36.4 Å². The van der Waals surface area contributed by atoms with E-state index in [0.29, 0.717) is 11.0 Å². The van der Waals surface area contributed by atoms with Gasteiger partial charge in [0.25, 0.3) is 5.19 Å². The lowest BCUT2D eigenvalue weighted by molar-refractivity contribution is 0.375. The zero-order valence-electron chi connectivity index (χ0n) is 17.0. The number of aromatic nitrogens is 2. The smallest absolute Gasteiger partial charge is 0.299 e. The summed E-state index contributed by atoms with van der Waals surface area (Å²) in [6, 6.07) is 12.5. The quantitative estimate of drug-likeness (QED) is 0.468. The maximum Gasteiger partial charge on any atom is 0.299 e. The summed E-state index contributed by atoms with van der Waals surface area (Å²) in [5, 5.41) is 0.566. The molecule has 0 fully saturated rings. The van der Waals surface area contributed by atoms with E-state index in [1.807, 2.05) is 18.2 Å². The van der Waals surface area contributed by atoms with E-state index >= 15 is 0 Å². The minimum atomic E-state index is 0.566. The van der Waals surface area contributed by atoms with E-state index in [4.69, 9.17) is 4.74 Å². The van der Waals surface area contributed by atoms with Crippen LogP contribution in [0.4, 0.5) is 0 Å². The number of hydrogen-bond acceptors (Lipinski definition) is 5. The van der Waals surface area contributed by atoms with Gasteiger partial charge in [-0.1, -0.05) is 42.0 Å². The number of aryl methyl sites for hydroxylation is 3. The predicted molar refractivity (Wildman–Crippen MR) is 117 cm³/mol. The van der Waals surface area contributed by atoms with Crippen LogP contribution in [-0.4, -0.2) is 34.4 Å². The molecule has 146 valence electrons. The monoisotopic (exact) mass is 393 g/mol. The third kappa shape index (κ3) is 5.06. The molecule has 3 rings (SSSR count). The topological polar surface area (TPSA) is 38.2 Å². The molecule has 0 atom stereocenters. The second-order valence-electron chi connectivity index (χ2n) is 7.20. The molecular formula is C23H27N3OS. The molecule has 0 aliphatic heterocycles. The van der Waals surface area contributed by atoms with Crippen LogP contribution in [0.15, 0.2) is 49.1 Å². The van der Waals surface area contributed by atoms with Crippen LogP contribution in [0.2, 0.25) is 0 Å². The fourth-order valence-corrected chi connectivity index (χ4v) is 3.58. The lowest BCUT2D eigenvalue weighted by Gasteiger charge is -2.16. The minimum absolute atomic E-state index is 0.566. The van der Waals surface area contributed by atoms with Gasteiger partial charge in [0.1, 0.15) is 5.75 Å². The third-order valence-electron chi connectivity index (χ3n) is 4.75. The Balaban J connectivity index is 1.71. The van der Waals surface area contributed by atoms with E-state index in [9.17, 15) is 0 Å². The normalized spacial score (nSPS) is 11.0. The van der Waals surface area contributed by atoms with E-state index < -0.39 is 0 Å². The molecule has 0 unspecified atom stereocenters. The molecule has 0 amide bonds. The highest BCUT2D eigenvalue weighted by atomic mass is 32.1. The molecule has 0 saturated heterocycles. The lowest BCUT2D eigenvalue weighted by Crippen LogP contribution is -2.21. The summed E-state index contributed by atoms with van der Waals surface area (Å²) < 4.78 is 10.5. The summed E-state index contributed by atoms with van der Waals surface area (Å²) in [7, 11) is 2.11. The van der Waals surface area contributed by atoms with Crippen molar-refractivity contribution in [2.24, 2.45) is 0 Å². The van der Waals surface area contributed by atoms with Gasteiger partial charge in [0.15, 0.2) is 5.82 Å². The number of nitrogens with zero attached hydrogens (tertiary/aromatic N) is 3. The Bertz CT molecular complexity index is 947. The molecule has 1 heterocycles. The molecule has 1 aromatic heterocycles. The fourth-order valence-electron chi connectivity index (χ4n) is 3.02. The standard InChI is InChI=1S/C23H27N3OS/c1-6-12-26(5)13-11-20-14-18(4)21(15-17(20)3)27-23-24-22(25-28-23)19-9-7-16(2)8-10-19/h6-10,14-15H,1,11-13H2,2-5H3. The molecule has 0 aliphatic rings. The van der Waals surface area contributed by atoms with Crippen molar-refractivity contribution < 1.29 is 4.74 Å². The van der Waals surface area contributed by atoms with E-state index in [-0.39, 0.29) is 0 Å². The SMILES string of the molecule is C=CCN(C)CCc1cc(C)c(Oc2nc(-c3ccc(C)cc3)ns2)cc1C. The molecule has 2 aromatic carbocycles. The maximum atomic E-state index is 6.06. The summed E-state index contributed by atoms with van der Waals surface area (Å²) in [5.41, 5.74) is 5.91. The van der Waals surface area contributed by atoms with Gasteiger partial charge in [-0.3, -0.25) is 0 Å². The van der Waals surface area contributed by atoms with Crippen molar-refractivity contribution in [2.45, 2.75) is 27.2 Å². The highest BCUT2D eigenvalue weighted by molar-refractivity contribution is 7.07. The Morgan fingerprint density at radius 3 is 2.57 bits per heavy atom. The molecule has 0 aliphatic carbocycles. The lowest BCUT2D eigenvalue weighted by atomic mass is 10.0. The van der Waals surface area contributed by atoms with Crippen molar-refractivity contribution in [3.8, 4) is 22.3 Å². The van der Waals surface area contributed by atoms with Gasteiger partial charge in [0, 0.05) is 30.2 Å². The number of rotatable bonds is 8. The fraction of sp³-hybridized carbons (Fsp3) is 0.304. The van der Waals surface area contributed by atoms with Gasteiger partial charge in [0.2, 0.25) is 0 Å². The summed E-state index contributed by atoms with van der Waals surface area (Å²) in [6.07, 6.45) is 2.94. The number of benzene rings is 2. The molecule has 3 aromatic rings. The van der Waals surface area contributed by atoms with Crippen LogP contribution in [0.3, 0.4) is 0 Å². The summed E-state index contributed by atoms with van der Waals surface area (Å²) >= 11 is 1.28. The molecular weight excluding hydrogens is 366 g/mol. The van der Waals surface area contributed by atoms with Crippen molar-refractivity contribution in [1.29, 1.82) is 0 Å².